The Morgan fingerprint density at radius 1 is 0.304 bits per heavy atom. The molecule has 12 rings (SSSR count). The summed E-state index contributed by atoms with van der Waals surface area (Å²) in [7, 11) is 0. The van der Waals surface area contributed by atoms with Crippen LogP contribution in [0, 0.1) is 0 Å². The second kappa shape index (κ2) is 12.4. The summed E-state index contributed by atoms with van der Waals surface area (Å²) in [5.41, 5.74) is 5.36. The van der Waals surface area contributed by atoms with E-state index in [4.69, 9.17) is 15.0 Å². The standard InChI is InChI=1S/C51H29N3S2/c1-2-14-30(15-3-1)33-26-27-38(37-21-9-8-20-36(33)37)49-52-50(41-28-31-16-4-6-18-34(31)47-45(41)39-22-10-12-24-43(39)55-47)54-51(53-49)42-29-32-17-5-7-19-35(32)48-46(42)40-23-11-13-25-44(40)56-48/h1-29H. The van der Waals surface area contributed by atoms with Crippen LogP contribution in [0.4, 0.5) is 0 Å². The molecule has 12 aromatic rings. The van der Waals surface area contributed by atoms with E-state index in [1.54, 1.807) is 0 Å². The van der Waals surface area contributed by atoms with Crippen LogP contribution < -0.4 is 0 Å². The van der Waals surface area contributed by atoms with E-state index in [0.29, 0.717) is 17.5 Å². The van der Waals surface area contributed by atoms with E-state index >= 15 is 0 Å². The quantitative estimate of drug-likeness (QED) is 0.180. The van der Waals surface area contributed by atoms with Crippen LogP contribution in [-0.2, 0) is 0 Å². The monoisotopic (exact) mass is 747 g/mol. The van der Waals surface area contributed by atoms with Gasteiger partial charge in [-0.05, 0) is 73.8 Å². The fraction of sp³-hybridized carbons (Fsp3) is 0. The Bertz CT molecular complexity index is 3370. The highest BCUT2D eigenvalue weighted by atomic mass is 32.1. The normalized spacial score (nSPS) is 11.9. The molecule has 0 amide bonds. The van der Waals surface area contributed by atoms with Gasteiger partial charge >= 0.3 is 0 Å². The van der Waals surface area contributed by atoms with Gasteiger partial charge in [0.25, 0.3) is 0 Å². The maximum atomic E-state index is 5.52. The van der Waals surface area contributed by atoms with Gasteiger partial charge in [-0.1, -0.05) is 146 Å². The first-order chi connectivity index (χ1) is 27.8. The number of rotatable bonds is 4. The molecule has 0 unspecified atom stereocenters. The van der Waals surface area contributed by atoms with E-state index in [1.165, 1.54) is 73.0 Å². The number of nitrogens with zero attached hydrogens (tertiary/aromatic N) is 3. The average molecular weight is 748 g/mol. The van der Waals surface area contributed by atoms with E-state index in [9.17, 15) is 0 Å². The van der Waals surface area contributed by atoms with Crippen LogP contribution in [0.25, 0.3) is 118 Å². The van der Waals surface area contributed by atoms with Gasteiger partial charge in [-0.25, -0.2) is 15.0 Å². The van der Waals surface area contributed by atoms with E-state index in [2.05, 4.69) is 176 Å². The Morgan fingerprint density at radius 2 is 0.696 bits per heavy atom. The van der Waals surface area contributed by atoms with Crippen molar-refractivity contribution < 1.29 is 0 Å². The van der Waals surface area contributed by atoms with Gasteiger partial charge in [0, 0.05) is 57.0 Å². The second-order valence-electron chi connectivity index (χ2n) is 14.3. The SMILES string of the molecule is c1ccc(-c2ccc(-c3nc(-c4cc5ccccc5c5sc6ccccc6c45)nc(-c4cc5ccccc5c5sc6ccccc6c45)n3)c3ccccc23)cc1. The van der Waals surface area contributed by atoms with Crippen molar-refractivity contribution in [3.8, 4) is 45.3 Å². The lowest BCUT2D eigenvalue weighted by Gasteiger charge is -2.15. The van der Waals surface area contributed by atoms with Crippen LogP contribution in [0.5, 0.6) is 0 Å². The van der Waals surface area contributed by atoms with Gasteiger partial charge in [0.2, 0.25) is 0 Å². The zero-order chi connectivity index (χ0) is 36.7. The van der Waals surface area contributed by atoms with Crippen molar-refractivity contribution in [2.24, 2.45) is 0 Å². The molecule has 260 valence electrons. The minimum Gasteiger partial charge on any atom is -0.208 e. The third-order valence-corrected chi connectivity index (χ3v) is 13.5. The van der Waals surface area contributed by atoms with Crippen LogP contribution in [0.3, 0.4) is 0 Å². The van der Waals surface area contributed by atoms with Gasteiger partial charge in [-0.2, -0.15) is 0 Å². The summed E-state index contributed by atoms with van der Waals surface area (Å²) < 4.78 is 4.99. The fourth-order valence-corrected chi connectivity index (χ4v) is 11.1. The summed E-state index contributed by atoms with van der Waals surface area (Å²) in [6.07, 6.45) is 0. The largest absolute Gasteiger partial charge is 0.208 e. The summed E-state index contributed by atoms with van der Waals surface area (Å²) in [6, 6.07) is 63.0. The molecule has 0 N–H and O–H groups in total. The lowest BCUT2D eigenvalue weighted by Crippen LogP contribution is -2.01. The fourth-order valence-electron chi connectivity index (χ4n) is 8.57. The molecule has 0 saturated heterocycles. The molecule has 0 atom stereocenters. The first-order valence-electron chi connectivity index (χ1n) is 18.8. The maximum absolute atomic E-state index is 5.52. The summed E-state index contributed by atoms with van der Waals surface area (Å²) in [5, 5.41) is 11.9. The van der Waals surface area contributed by atoms with Gasteiger partial charge in [0.1, 0.15) is 0 Å². The summed E-state index contributed by atoms with van der Waals surface area (Å²) in [4.78, 5) is 16.5. The average Bonchev–Trinajstić information content (AvgIpc) is 3.86. The molecule has 3 aromatic heterocycles. The lowest BCUT2D eigenvalue weighted by atomic mass is 9.94. The lowest BCUT2D eigenvalue weighted by molar-refractivity contribution is 1.08. The topological polar surface area (TPSA) is 38.7 Å². The molecule has 0 fully saturated rings. The second-order valence-corrected chi connectivity index (χ2v) is 16.4. The minimum atomic E-state index is 0.655. The van der Waals surface area contributed by atoms with Crippen molar-refractivity contribution in [3.05, 3.63) is 176 Å². The summed E-state index contributed by atoms with van der Waals surface area (Å²) in [6.45, 7) is 0. The van der Waals surface area contributed by atoms with Crippen molar-refractivity contribution in [1.29, 1.82) is 0 Å². The van der Waals surface area contributed by atoms with Crippen LogP contribution >= 0.6 is 22.7 Å². The van der Waals surface area contributed by atoms with E-state index in [1.807, 2.05) is 22.7 Å². The molecule has 0 bridgehead atoms. The molecule has 0 saturated carbocycles. The molecule has 5 heteroatoms. The number of aromatic nitrogens is 3. The number of hydrogen-bond donors (Lipinski definition) is 0. The van der Waals surface area contributed by atoms with Crippen molar-refractivity contribution >= 4 is 95.3 Å². The van der Waals surface area contributed by atoms with Crippen molar-refractivity contribution in [3.63, 3.8) is 0 Å². The third-order valence-electron chi connectivity index (χ3n) is 11.1. The summed E-state index contributed by atoms with van der Waals surface area (Å²) in [5.74, 6) is 1.99. The molecule has 0 aliphatic heterocycles. The molecule has 0 aliphatic carbocycles. The Labute approximate surface area is 329 Å². The minimum absolute atomic E-state index is 0.655. The van der Waals surface area contributed by atoms with Crippen LogP contribution in [-0.4, -0.2) is 15.0 Å². The molecular formula is C51H29N3S2. The van der Waals surface area contributed by atoms with Gasteiger partial charge < -0.3 is 0 Å². The van der Waals surface area contributed by atoms with E-state index in [0.717, 1.165) is 27.5 Å². The maximum Gasteiger partial charge on any atom is 0.164 e. The highest BCUT2D eigenvalue weighted by Gasteiger charge is 2.23. The number of benzene rings is 9. The highest BCUT2D eigenvalue weighted by Crippen LogP contribution is 2.47. The Hall–Kier alpha value is -6.79. The molecule has 0 spiro atoms. The first-order valence-corrected chi connectivity index (χ1v) is 20.4. The van der Waals surface area contributed by atoms with Crippen LogP contribution in [0.1, 0.15) is 0 Å². The van der Waals surface area contributed by atoms with Gasteiger partial charge in [0.05, 0.1) is 0 Å². The van der Waals surface area contributed by atoms with Crippen molar-refractivity contribution in [2.45, 2.75) is 0 Å². The predicted molar refractivity (Wildman–Crippen MR) is 240 cm³/mol. The zero-order valence-electron chi connectivity index (χ0n) is 29.9. The summed E-state index contributed by atoms with van der Waals surface area (Å²) >= 11 is 3.68. The first kappa shape index (κ1) is 31.5. The number of thiophene rings is 2. The van der Waals surface area contributed by atoms with E-state index < -0.39 is 0 Å². The Balaban J connectivity index is 1.22. The molecule has 3 nitrogen and oxygen atoms in total. The molecule has 56 heavy (non-hydrogen) atoms. The van der Waals surface area contributed by atoms with Gasteiger partial charge in [-0.15, -0.1) is 22.7 Å². The Kier molecular flexibility index (Phi) is 6.97. The molecular weight excluding hydrogens is 719 g/mol. The van der Waals surface area contributed by atoms with E-state index in [-0.39, 0.29) is 0 Å². The van der Waals surface area contributed by atoms with Crippen LogP contribution in [0.15, 0.2) is 176 Å². The third kappa shape index (κ3) is 4.78. The number of fused-ring (bicyclic) bond motifs is 11. The predicted octanol–water partition coefficient (Wildman–Crippen LogP) is 14.7. The smallest absolute Gasteiger partial charge is 0.164 e. The Morgan fingerprint density at radius 3 is 1.23 bits per heavy atom. The molecule has 9 aromatic carbocycles. The van der Waals surface area contributed by atoms with Crippen LogP contribution in [0.2, 0.25) is 0 Å². The van der Waals surface area contributed by atoms with Gasteiger partial charge in [-0.3, -0.25) is 0 Å². The molecule has 3 heterocycles. The van der Waals surface area contributed by atoms with Gasteiger partial charge in [0.15, 0.2) is 17.5 Å². The highest BCUT2D eigenvalue weighted by molar-refractivity contribution is 7.27. The number of hydrogen-bond acceptors (Lipinski definition) is 5. The van der Waals surface area contributed by atoms with Crippen molar-refractivity contribution in [2.75, 3.05) is 0 Å². The molecule has 0 aliphatic rings. The van der Waals surface area contributed by atoms with Crippen molar-refractivity contribution in [1.82, 2.24) is 15.0 Å². The molecule has 0 radical (unpaired) electrons. The zero-order valence-corrected chi connectivity index (χ0v) is 31.5.